The van der Waals surface area contributed by atoms with E-state index in [1.807, 2.05) is 60.7 Å². The van der Waals surface area contributed by atoms with Crippen LogP contribution >= 0.6 is 0 Å². The fraction of sp³-hybridized carbons (Fsp3) is 0.0606. The lowest BCUT2D eigenvalue weighted by Gasteiger charge is -2.07. The summed E-state index contributed by atoms with van der Waals surface area (Å²) in [5.41, 5.74) is 5.53. The van der Waals surface area contributed by atoms with Crippen LogP contribution in [0.3, 0.4) is 0 Å². The van der Waals surface area contributed by atoms with Crippen LogP contribution in [0.4, 0.5) is 0 Å². The maximum atomic E-state index is 13.7. The van der Waals surface area contributed by atoms with Crippen LogP contribution in [-0.4, -0.2) is 20.4 Å². The minimum absolute atomic E-state index is 0.254. The quantitative estimate of drug-likeness (QED) is 0.235. The summed E-state index contributed by atoms with van der Waals surface area (Å²) in [6.45, 7) is 2.84. The number of hydrogen-bond donors (Lipinski definition) is 0. The van der Waals surface area contributed by atoms with Crippen LogP contribution in [0.1, 0.15) is 16.7 Å². The smallest absolute Gasteiger partial charge is 0.282 e. The first-order chi connectivity index (χ1) is 19.1. The third-order valence-electron chi connectivity index (χ3n) is 6.97. The summed E-state index contributed by atoms with van der Waals surface area (Å²) < 4.78 is 9.66. The molecule has 0 saturated carbocycles. The Balaban J connectivity index is 1.38. The molecule has 0 saturated heterocycles. The van der Waals surface area contributed by atoms with E-state index >= 15 is 0 Å². The van der Waals surface area contributed by atoms with Crippen molar-refractivity contribution in [1.82, 2.24) is 14.2 Å². The molecule has 0 spiro atoms. The predicted molar refractivity (Wildman–Crippen MR) is 156 cm³/mol. The molecule has 0 aliphatic heterocycles. The van der Waals surface area contributed by atoms with Gasteiger partial charge in [0.1, 0.15) is 5.58 Å². The number of para-hydroxylation sites is 3. The third-order valence-corrected chi connectivity index (χ3v) is 6.97. The molecule has 0 aliphatic carbocycles. The molecule has 3 heterocycles. The number of aromatic nitrogens is 3. The van der Waals surface area contributed by atoms with Crippen LogP contribution < -0.4 is 5.56 Å². The second kappa shape index (κ2) is 9.26. The SMILES string of the molecule is Cc1cccc(Cn2cc(C=Nn3c(-c4cc5ccccc5o4)nc4ccccc4c3=O)c3ccccc32)c1. The van der Waals surface area contributed by atoms with Crippen LogP contribution in [0.2, 0.25) is 0 Å². The molecule has 0 bridgehead atoms. The molecule has 3 aromatic heterocycles. The Morgan fingerprint density at radius 2 is 1.67 bits per heavy atom. The van der Waals surface area contributed by atoms with Gasteiger partial charge in [0.15, 0.2) is 5.76 Å². The highest BCUT2D eigenvalue weighted by Crippen LogP contribution is 2.27. The van der Waals surface area contributed by atoms with Crippen molar-refractivity contribution in [2.45, 2.75) is 13.5 Å². The van der Waals surface area contributed by atoms with Crippen molar-refractivity contribution >= 4 is 39.0 Å². The summed E-state index contributed by atoms with van der Waals surface area (Å²) in [5, 5.41) is 7.19. The predicted octanol–water partition coefficient (Wildman–Crippen LogP) is 7.00. The number of aryl methyl sites for hydroxylation is 1. The van der Waals surface area contributed by atoms with E-state index in [1.165, 1.54) is 15.8 Å². The largest absolute Gasteiger partial charge is 0.453 e. The molecule has 0 atom stereocenters. The molecular formula is C33H24N4O2. The second-order valence-corrected chi connectivity index (χ2v) is 9.68. The molecule has 0 aliphatic rings. The Bertz CT molecular complexity index is 2060. The molecule has 188 valence electrons. The number of nitrogens with zero attached hydrogens (tertiary/aromatic N) is 4. The van der Waals surface area contributed by atoms with Crippen molar-refractivity contribution in [3.8, 4) is 11.6 Å². The van der Waals surface area contributed by atoms with Crippen molar-refractivity contribution in [1.29, 1.82) is 0 Å². The lowest BCUT2D eigenvalue weighted by atomic mass is 10.1. The van der Waals surface area contributed by atoms with Gasteiger partial charge in [-0.05, 0) is 42.8 Å². The van der Waals surface area contributed by atoms with Crippen molar-refractivity contribution in [2.75, 3.05) is 0 Å². The molecule has 0 fully saturated rings. The minimum Gasteiger partial charge on any atom is -0.453 e. The van der Waals surface area contributed by atoms with Gasteiger partial charge in [0, 0.05) is 34.6 Å². The van der Waals surface area contributed by atoms with Gasteiger partial charge in [0.05, 0.1) is 17.1 Å². The van der Waals surface area contributed by atoms with E-state index < -0.39 is 0 Å². The number of hydrogen-bond acceptors (Lipinski definition) is 4. The molecule has 6 nitrogen and oxygen atoms in total. The van der Waals surface area contributed by atoms with Crippen LogP contribution in [0, 0.1) is 6.92 Å². The van der Waals surface area contributed by atoms with Gasteiger partial charge < -0.3 is 8.98 Å². The molecule has 4 aromatic carbocycles. The molecule has 7 rings (SSSR count). The zero-order chi connectivity index (χ0) is 26.3. The van der Waals surface area contributed by atoms with E-state index in [0.717, 1.165) is 34.0 Å². The molecule has 0 radical (unpaired) electrons. The zero-order valence-electron chi connectivity index (χ0n) is 21.3. The Morgan fingerprint density at radius 1 is 0.872 bits per heavy atom. The van der Waals surface area contributed by atoms with Crippen LogP contribution in [-0.2, 0) is 6.54 Å². The number of fused-ring (bicyclic) bond motifs is 3. The van der Waals surface area contributed by atoms with Gasteiger partial charge in [0.2, 0.25) is 5.82 Å². The molecule has 7 aromatic rings. The van der Waals surface area contributed by atoms with Crippen LogP contribution in [0.15, 0.2) is 124 Å². The molecular weight excluding hydrogens is 484 g/mol. The highest BCUT2D eigenvalue weighted by atomic mass is 16.3. The topological polar surface area (TPSA) is 65.3 Å². The van der Waals surface area contributed by atoms with E-state index in [-0.39, 0.29) is 5.56 Å². The fourth-order valence-electron chi connectivity index (χ4n) is 5.12. The number of rotatable bonds is 5. The third kappa shape index (κ3) is 4.12. The maximum Gasteiger partial charge on any atom is 0.282 e. The first kappa shape index (κ1) is 22.9. The van der Waals surface area contributed by atoms with Crippen molar-refractivity contribution < 1.29 is 4.42 Å². The molecule has 39 heavy (non-hydrogen) atoms. The lowest BCUT2D eigenvalue weighted by Crippen LogP contribution is -2.20. The van der Waals surface area contributed by atoms with Gasteiger partial charge in [0.25, 0.3) is 5.56 Å². The standard InChI is InChI=1S/C33H24N4O2/c1-22-9-8-10-23(17-22)20-36-21-25(26-12-4-6-15-29(26)36)19-34-37-32(31-18-24-11-2-7-16-30(24)39-31)35-28-14-5-3-13-27(28)33(37)38/h2-19,21H,20H2,1H3. The van der Waals surface area contributed by atoms with Gasteiger partial charge in [-0.1, -0.05) is 78.4 Å². The molecule has 0 unspecified atom stereocenters. The van der Waals surface area contributed by atoms with Crippen LogP contribution in [0.25, 0.3) is 44.4 Å². The highest BCUT2D eigenvalue weighted by Gasteiger charge is 2.17. The van der Waals surface area contributed by atoms with E-state index in [4.69, 9.17) is 14.5 Å². The lowest BCUT2D eigenvalue weighted by molar-refractivity contribution is 0.616. The summed E-state index contributed by atoms with van der Waals surface area (Å²) in [6.07, 6.45) is 3.82. The Kier molecular flexibility index (Phi) is 5.44. The first-order valence-corrected chi connectivity index (χ1v) is 12.8. The molecule has 0 amide bonds. The average molecular weight is 509 g/mol. The van der Waals surface area contributed by atoms with E-state index in [0.29, 0.717) is 22.5 Å². The summed E-state index contributed by atoms with van der Waals surface area (Å²) in [4.78, 5) is 18.5. The van der Waals surface area contributed by atoms with Gasteiger partial charge >= 0.3 is 0 Å². The van der Waals surface area contributed by atoms with Gasteiger partial charge in [-0.2, -0.15) is 9.78 Å². The average Bonchev–Trinajstić information content (AvgIpc) is 3.54. The summed E-state index contributed by atoms with van der Waals surface area (Å²) in [5.74, 6) is 0.840. The highest BCUT2D eigenvalue weighted by molar-refractivity contribution is 5.99. The molecule has 0 N–H and O–H groups in total. The normalized spacial score (nSPS) is 11.8. The summed E-state index contributed by atoms with van der Waals surface area (Å²) >= 11 is 0. The Morgan fingerprint density at radius 3 is 2.54 bits per heavy atom. The monoisotopic (exact) mass is 508 g/mol. The van der Waals surface area contributed by atoms with Crippen molar-refractivity contribution in [3.63, 3.8) is 0 Å². The van der Waals surface area contributed by atoms with Gasteiger partial charge in [-0.15, -0.1) is 0 Å². The zero-order valence-corrected chi connectivity index (χ0v) is 21.3. The van der Waals surface area contributed by atoms with Crippen LogP contribution in [0.5, 0.6) is 0 Å². The Labute approximate surface area is 224 Å². The summed E-state index contributed by atoms with van der Waals surface area (Å²) in [6, 6.07) is 33.7. The van der Waals surface area contributed by atoms with Gasteiger partial charge in [-0.3, -0.25) is 4.79 Å². The van der Waals surface area contributed by atoms with Gasteiger partial charge in [-0.25, -0.2) is 4.98 Å². The minimum atomic E-state index is -0.254. The number of furan rings is 1. The Hall–Kier alpha value is -5.23. The van der Waals surface area contributed by atoms with Crippen molar-refractivity contribution in [2.24, 2.45) is 5.10 Å². The second-order valence-electron chi connectivity index (χ2n) is 9.68. The fourth-order valence-corrected chi connectivity index (χ4v) is 5.12. The summed E-state index contributed by atoms with van der Waals surface area (Å²) in [7, 11) is 0. The number of benzene rings is 4. The van der Waals surface area contributed by atoms with E-state index in [1.54, 1.807) is 12.3 Å². The maximum absolute atomic E-state index is 13.7. The van der Waals surface area contributed by atoms with Crippen molar-refractivity contribution in [3.05, 3.63) is 136 Å². The van der Waals surface area contributed by atoms with E-state index in [2.05, 4.69) is 54.1 Å². The first-order valence-electron chi connectivity index (χ1n) is 12.8. The molecule has 6 heteroatoms. The van der Waals surface area contributed by atoms with E-state index in [9.17, 15) is 4.79 Å².